The summed E-state index contributed by atoms with van der Waals surface area (Å²) in [5.74, 6) is -1.46. The molecule has 0 radical (unpaired) electrons. The molecule has 0 aliphatic heterocycles. The molecule has 0 bridgehead atoms. The quantitative estimate of drug-likeness (QED) is 0.756. The SMILES string of the molecule is Cc1ccc(NC(=O)NC(=O)CCCC(=O)O)cc1. The lowest BCUT2D eigenvalue weighted by molar-refractivity contribution is -0.137. The number of nitrogens with one attached hydrogen (secondary N) is 2. The fourth-order valence-electron chi connectivity index (χ4n) is 1.39. The number of imide groups is 1. The zero-order chi connectivity index (χ0) is 14.3. The maximum Gasteiger partial charge on any atom is 0.325 e. The highest BCUT2D eigenvalue weighted by Gasteiger charge is 2.08. The number of aryl methyl sites for hydroxylation is 1. The van der Waals surface area contributed by atoms with Crippen molar-refractivity contribution in [2.24, 2.45) is 0 Å². The number of carbonyl (C=O) groups excluding carboxylic acids is 2. The molecule has 0 unspecified atom stereocenters. The number of carboxylic acid groups (broad SMARTS) is 1. The van der Waals surface area contributed by atoms with E-state index in [1.165, 1.54) is 0 Å². The Morgan fingerprint density at radius 3 is 2.32 bits per heavy atom. The Morgan fingerprint density at radius 1 is 1.11 bits per heavy atom. The third kappa shape index (κ3) is 6.21. The van der Waals surface area contributed by atoms with Gasteiger partial charge in [-0.15, -0.1) is 0 Å². The molecular formula is C13H16N2O4. The van der Waals surface area contributed by atoms with Crippen molar-refractivity contribution in [3.63, 3.8) is 0 Å². The summed E-state index contributed by atoms with van der Waals surface area (Å²) < 4.78 is 0. The molecule has 0 aliphatic carbocycles. The smallest absolute Gasteiger partial charge is 0.325 e. The van der Waals surface area contributed by atoms with Crippen LogP contribution in [0.25, 0.3) is 0 Å². The predicted molar refractivity (Wildman–Crippen MR) is 69.8 cm³/mol. The van der Waals surface area contributed by atoms with Gasteiger partial charge in [0.1, 0.15) is 0 Å². The Kier molecular flexibility index (Phi) is 5.53. The number of carbonyl (C=O) groups is 3. The van der Waals surface area contributed by atoms with Gasteiger partial charge < -0.3 is 10.4 Å². The number of carboxylic acids is 1. The van der Waals surface area contributed by atoms with Crippen LogP contribution in [0.5, 0.6) is 0 Å². The van der Waals surface area contributed by atoms with Crippen LogP contribution in [0.15, 0.2) is 24.3 Å². The second kappa shape index (κ2) is 7.15. The van der Waals surface area contributed by atoms with Crippen LogP contribution in [0, 0.1) is 6.92 Å². The zero-order valence-corrected chi connectivity index (χ0v) is 10.6. The lowest BCUT2D eigenvalue weighted by Crippen LogP contribution is -2.34. The Balaban J connectivity index is 2.32. The summed E-state index contributed by atoms with van der Waals surface area (Å²) in [6.07, 6.45) is 0.125. The molecule has 0 fully saturated rings. The summed E-state index contributed by atoms with van der Waals surface area (Å²) in [6.45, 7) is 1.93. The molecule has 6 nitrogen and oxygen atoms in total. The van der Waals surface area contributed by atoms with Gasteiger partial charge in [0.05, 0.1) is 0 Å². The molecule has 0 saturated heterocycles. The van der Waals surface area contributed by atoms with E-state index >= 15 is 0 Å². The Labute approximate surface area is 110 Å². The maximum atomic E-state index is 11.4. The summed E-state index contributed by atoms with van der Waals surface area (Å²) in [6, 6.07) is 6.51. The van der Waals surface area contributed by atoms with Crippen molar-refractivity contribution < 1.29 is 19.5 Å². The van der Waals surface area contributed by atoms with Crippen LogP contribution in [0.2, 0.25) is 0 Å². The topological polar surface area (TPSA) is 95.5 Å². The normalized spacial score (nSPS) is 9.74. The number of amides is 3. The van der Waals surface area contributed by atoms with Crippen LogP contribution in [-0.4, -0.2) is 23.0 Å². The van der Waals surface area contributed by atoms with Crippen molar-refractivity contribution in [1.29, 1.82) is 0 Å². The molecule has 0 aliphatic rings. The van der Waals surface area contributed by atoms with Gasteiger partial charge in [-0.1, -0.05) is 17.7 Å². The fraction of sp³-hybridized carbons (Fsp3) is 0.308. The first-order valence-electron chi connectivity index (χ1n) is 5.86. The van der Waals surface area contributed by atoms with Gasteiger partial charge in [0.2, 0.25) is 5.91 Å². The monoisotopic (exact) mass is 264 g/mol. The van der Waals surface area contributed by atoms with Crippen molar-refractivity contribution in [3.05, 3.63) is 29.8 Å². The molecule has 3 N–H and O–H groups in total. The maximum absolute atomic E-state index is 11.4. The van der Waals surface area contributed by atoms with Gasteiger partial charge in [-0.2, -0.15) is 0 Å². The van der Waals surface area contributed by atoms with Gasteiger partial charge in [0, 0.05) is 18.5 Å². The van der Waals surface area contributed by atoms with E-state index in [0.717, 1.165) is 5.56 Å². The standard InChI is InChI=1S/C13H16N2O4/c1-9-5-7-10(8-6-9)14-13(19)15-11(16)3-2-4-12(17)18/h5-8H,2-4H2,1H3,(H,17,18)(H2,14,15,16,19). The predicted octanol–water partition coefficient (Wildman–Crippen LogP) is 1.90. The van der Waals surface area contributed by atoms with Gasteiger partial charge in [0.15, 0.2) is 0 Å². The number of hydrogen-bond acceptors (Lipinski definition) is 3. The Morgan fingerprint density at radius 2 is 1.74 bits per heavy atom. The fourth-order valence-corrected chi connectivity index (χ4v) is 1.39. The van der Waals surface area contributed by atoms with Crippen molar-refractivity contribution in [3.8, 4) is 0 Å². The van der Waals surface area contributed by atoms with Gasteiger partial charge in [0.25, 0.3) is 0 Å². The van der Waals surface area contributed by atoms with E-state index in [2.05, 4.69) is 10.6 Å². The second-order valence-corrected chi connectivity index (χ2v) is 4.12. The highest BCUT2D eigenvalue weighted by atomic mass is 16.4. The van der Waals surface area contributed by atoms with Crippen molar-refractivity contribution in [1.82, 2.24) is 5.32 Å². The minimum Gasteiger partial charge on any atom is -0.481 e. The van der Waals surface area contributed by atoms with Gasteiger partial charge >= 0.3 is 12.0 Å². The van der Waals surface area contributed by atoms with Crippen molar-refractivity contribution >= 4 is 23.6 Å². The molecule has 102 valence electrons. The minimum atomic E-state index is -0.961. The lowest BCUT2D eigenvalue weighted by Gasteiger charge is -2.06. The van der Waals surface area contributed by atoms with Crippen molar-refractivity contribution in [2.75, 3.05) is 5.32 Å². The van der Waals surface area contributed by atoms with Crippen molar-refractivity contribution in [2.45, 2.75) is 26.2 Å². The number of rotatable bonds is 5. The Hall–Kier alpha value is -2.37. The van der Waals surface area contributed by atoms with E-state index in [1.54, 1.807) is 12.1 Å². The summed E-state index contributed by atoms with van der Waals surface area (Å²) in [5, 5.41) is 13.1. The molecule has 1 aromatic rings. The number of hydrogen-bond donors (Lipinski definition) is 3. The molecular weight excluding hydrogens is 248 g/mol. The van der Waals surface area contributed by atoms with E-state index < -0.39 is 17.9 Å². The number of urea groups is 1. The average Bonchev–Trinajstić information content (AvgIpc) is 2.31. The number of benzene rings is 1. The van der Waals surface area contributed by atoms with Crippen LogP contribution in [0.1, 0.15) is 24.8 Å². The zero-order valence-electron chi connectivity index (χ0n) is 10.6. The first-order valence-corrected chi connectivity index (χ1v) is 5.86. The average molecular weight is 264 g/mol. The third-order valence-corrected chi connectivity index (χ3v) is 2.36. The van der Waals surface area contributed by atoms with Crippen LogP contribution in [0.4, 0.5) is 10.5 Å². The van der Waals surface area contributed by atoms with Gasteiger partial charge in [-0.3, -0.25) is 14.9 Å². The van der Waals surface area contributed by atoms with E-state index in [-0.39, 0.29) is 19.3 Å². The lowest BCUT2D eigenvalue weighted by atomic mass is 10.2. The summed E-state index contributed by atoms with van der Waals surface area (Å²) in [7, 11) is 0. The van der Waals surface area contributed by atoms with Crippen LogP contribution < -0.4 is 10.6 Å². The molecule has 0 spiro atoms. The molecule has 0 atom stereocenters. The Bertz CT molecular complexity index is 468. The molecule has 1 rings (SSSR count). The summed E-state index contributed by atoms with van der Waals surface area (Å²) >= 11 is 0. The largest absolute Gasteiger partial charge is 0.481 e. The van der Waals surface area contributed by atoms with Crippen LogP contribution in [0.3, 0.4) is 0 Å². The van der Waals surface area contributed by atoms with Crippen LogP contribution >= 0.6 is 0 Å². The molecule has 0 aromatic heterocycles. The molecule has 19 heavy (non-hydrogen) atoms. The van der Waals surface area contributed by atoms with E-state index in [9.17, 15) is 14.4 Å². The molecule has 1 aromatic carbocycles. The first-order chi connectivity index (χ1) is 8.97. The summed E-state index contributed by atoms with van der Waals surface area (Å²) in [5.41, 5.74) is 1.65. The number of anilines is 1. The second-order valence-electron chi connectivity index (χ2n) is 4.12. The summed E-state index contributed by atoms with van der Waals surface area (Å²) in [4.78, 5) is 33.0. The molecule has 0 saturated carbocycles. The first kappa shape index (κ1) is 14.7. The van der Waals surface area contributed by atoms with Gasteiger partial charge in [-0.25, -0.2) is 4.79 Å². The van der Waals surface area contributed by atoms with E-state index in [0.29, 0.717) is 5.69 Å². The van der Waals surface area contributed by atoms with Crippen LogP contribution in [-0.2, 0) is 9.59 Å². The van der Waals surface area contributed by atoms with Gasteiger partial charge in [-0.05, 0) is 25.5 Å². The third-order valence-electron chi connectivity index (χ3n) is 2.36. The van der Waals surface area contributed by atoms with E-state index in [4.69, 9.17) is 5.11 Å². The molecule has 0 heterocycles. The molecule has 6 heteroatoms. The highest BCUT2D eigenvalue weighted by Crippen LogP contribution is 2.08. The number of aliphatic carboxylic acids is 1. The van der Waals surface area contributed by atoms with E-state index in [1.807, 2.05) is 19.1 Å². The molecule has 3 amide bonds. The highest BCUT2D eigenvalue weighted by molar-refractivity contribution is 6.01. The minimum absolute atomic E-state index is 0.00756.